The molecule has 1 fully saturated rings. The van der Waals surface area contributed by atoms with Gasteiger partial charge in [-0.2, -0.15) is 19.3 Å². The van der Waals surface area contributed by atoms with E-state index in [1.807, 2.05) is 30.3 Å². The fraction of sp³-hybridized carbons (Fsp3) is 0.429. The van der Waals surface area contributed by atoms with Crippen molar-refractivity contribution in [3.05, 3.63) is 48.3 Å². The van der Waals surface area contributed by atoms with Crippen LogP contribution in [0.25, 0.3) is 0 Å². The standard InChI is InChI=1S/C14H18N4O2S/c19-21(20,11-7-13-4-2-1-3-5-13)17-10-6-14(12-17)18-15-8-9-16-18/h1-5,8-9,14H,6-7,10-12H2. The number of aromatic nitrogens is 3. The first kappa shape index (κ1) is 14.2. The van der Waals surface area contributed by atoms with Crippen LogP contribution < -0.4 is 0 Å². The van der Waals surface area contributed by atoms with Crippen LogP contribution >= 0.6 is 0 Å². The van der Waals surface area contributed by atoms with Gasteiger partial charge in [-0.3, -0.25) is 0 Å². The van der Waals surface area contributed by atoms with E-state index in [4.69, 9.17) is 0 Å². The molecule has 21 heavy (non-hydrogen) atoms. The molecule has 2 aromatic rings. The highest BCUT2D eigenvalue weighted by Gasteiger charge is 2.32. The second-order valence-corrected chi connectivity index (χ2v) is 7.29. The minimum atomic E-state index is -3.22. The first-order valence-electron chi connectivity index (χ1n) is 7.03. The molecule has 0 radical (unpaired) electrons. The normalized spacial score (nSPS) is 19.9. The van der Waals surface area contributed by atoms with Gasteiger partial charge in [-0.1, -0.05) is 30.3 Å². The van der Waals surface area contributed by atoms with Gasteiger partial charge >= 0.3 is 0 Å². The predicted molar refractivity (Wildman–Crippen MR) is 79.2 cm³/mol. The van der Waals surface area contributed by atoms with Gasteiger partial charge in [0.1, 0.15) is 0 Å². The number of sulfonamides is 1. The Morgan fingerprint density at radius 1 is 1.14 bits per heavy atom. The third-order valence-corrected chi connectivity index (χ3v) is 5.61. The molecule has 1 aliphatic heterocycles. The van der Waals surface area contributed by atoms with E-state index in [9.17, 15) is 8.42 Å². The van der Waals surface area contributed by atoms with Crippen molar-refractivity contribution in [2.75, 3.05) is 18.8 Å². The Hall–Kier alpha value is -1.73. The molecule has 7 heteroatoms. The van der Waals surface area contributed by atoms with Crippen LogP contribution in [0.1, 0.15) is 18.0 Å². The third kappa shape index (κ3) is 3.30. The van der Waals surface area contributed by atoms with Gasteiger partial charge in [0.15, 0.2) is 0 Å². The van der Waals surface area contributed by atoms with E-state index >= 15 is 0 Å². The molecule has 3 rings (SSSR count). The van der Waals surface area contributed by atoms with E-state index in [0.29, 0.717) is 19.5 Å². The lowest BCUT2D eigenvalue weighted by Gasteiger charge is -2.16. The van der Waals surface area contributed by atoms with Crippen LogP contribution in [0.3, 0.4) is 0 Å². The molecule has 0 N–H and O–H groups in total. The Balaban J connectivity index is 1.61. The van der Waals surface area contributed by atoms with Gasteiger partial charge in [-0.25, -0.2) is 8.42 Å². The minimum Gasteiger partial charge on any atom is -0.212 e. The lowest BCUT2D eigenvalue weighted by atomic mass is 10.2. The highest BCUT2D eigenvalue weighted by molar-refractivity contribution is 7.89. The van der Waals surface area contributed by atoms with E-state index in [2.05, 4.69) is 10.2 Å². The quantitative estimate of drug-likeness (QED) is 0.829. The molecule has 1 unspecified atom stereocenters. The summed E-state index contributed by atoms with van der Waals surface area (Å²) in [4.78, 5) is 1.60. The average molecular weight is 306 g/mol. The molecule has 2 heterocycles. The van der Waals surface area contributed by atoms with Crippen molar-refractivity contribution in [1.82, 2.24) is 19.3 Å². The molecule has 6 nitrogen and oxygen atoms in total. The smallest absolute Gasteiger partial charge is 0.212 e. The van der Waals surface area contributed by atoms with Gasteiger partial charge in [-0.05, 0) is 18.4 Å². The number of hydrogen-bond acceptors (Lipinski definition) is 4. The number of aryl methyl sites for hydroxylation is 1. The minimum absolute atomic E-state index is 0.0477. The largest absolute Gasteiger partial charge is 0.214 e. The Morgan fingerprint density at radius 2 is 1.86 bits per heavy atom. The van der Waals surface area contributed by atoms with Crippen molar-refractivity contribution in [1.29, 1.82) is 0 Å². The molecule has 0 aliphatic carbocycles. The maximum Gasteiger partial charge on any atom is 0.214 e. The van der Waals surface area contributed by atoms with Crippen LogP contribution in [0, 0.1) is 0 Å². The van der Waals surface area contributed by atoms with Crippen LogP contribution in [-0.4, -0.2) is 46.6 Å². The second-order valence-electron chi connectivity index (χ2n) is 5.20. The highest BCUT2D eigenvalue weighted by Crippen LogP contribution is 2.23. The summed E-state index contributed by atoms with van der Waals surface area (Å²) in [5, 5.41) is 8.18. The highest BCUT2D eigenvalue weighted by atomic mass is 32.2. The molecule has 1 aromatic heterocycles. The van der Waals surface area contributed by atoms with E-state index < -0.39 is 10.0 Å². The topological polar surface area (TPSA) is 68.1 Å². The van der Waals surface area contributed by atoms with E-state index in [1.165, 1.54) is 0 Å². The fourth-order valence-electron chi connectivity index (χ4n) is 2.59. The summed E-state index contributed by atoms with van der Waals surface area (Å²) in [6.45, 7) is 1.01. The maximum atomic E-state index is 12.4. The van der Waals surface area contributed by atoms with E-state index in [-0.39, 0.29) is 11.8 Å². The SMILES string of the molecule is O=S(=O)(CCc1ccccc1)N1CCC(n2nccn2)C1. The zero-order valence-electron chi connectivity index (χ0n) is 11.7. The van der Waals surface area contributed by atoms with Gasteiger partial charge in [0.05, 0.1) is 24.2 Å². The zero-order chi connectivity index (χ0) is 14.7. The Kier molecular flexibility index (Phi) is 4.03. The Bertz CT molecular complexity index is 670. The first-order valence-corrected chi connectivity index (χ1v) is 8.63. The number of hydrogen-bond donors (Lipinski definition) is 0. The molecular formula is C14H18N4O2S. The van der Waals surface area contributed by atoms with Gasteiger partial charge in [-0.15, -0.1) is 0 Å². The molecule has 0 saturated carbocycles. The number of nitrogens with zero attached hydrogens (tertiary/aromatic N) is 4. The molecular weight excluding hydrogens is 288 g/mol. The monoisotopic (exact) mass is 306 g/mol. The summed E-state index contributed by atoms with van der Waals surface area (Å²) in [5.41, 5.74) is 1.05. The summed E-state index contributed by atoms with van der Waals surface area (Å²) in [6, 6.07) is 9.74. The number of rotatable bonds is 5. The molecule has 1 aromatic carbocycles. The predicted octanol–water partition coefficient (Wildman–Crippen LogP) is 1.10. The molecule has 0 bridgehead atoms. The van der Waals surface area contributed by atoms with Crippen molar-refractivity contribution in [3.63, 3.8) is 0 Å². The molecule has 1 saturated heterocycles. The number of benzene rings is 1. The summed E-state index contributed by atoms with van der Waals surface area (Å²) < 4.78 is 26.4. The molecule has 1 aliphatic rings. The first-order chi connectivity index (χ1) is 10.1. The van der Waals surface area contributed by atoms with Crippen molar-refractivity contribution in [2.24, 2.45) is 0 Å². The molecule has 0 amide bonds. The van der Waals surface area contributed by atoms with Crippen molar-refractivity contribution in [2.45, 2.75) is 18.9 Å². The molecule has 1 atom stereocenters. The summed E-state index contributed by atoms with van der Waals surface area (Å²) in [5.74, 6) is 0.149. The molecule has 112 valence electrons. The van der Waals surface area contributed by atoms with Crippen molar-refractivity contribution in [3.8, 4) is 0 Å². The summed E-state index contributed by atoms with van der Waals surface area (Å²) in [7, 11) is -3.22. The van der Waals surface area contributed by atoms with Crippen LogP contribution in [-0.2, 0) is 16.4 Å². The molecule has 0 spiro atoms. The Labute approximate surface area is 124 Å². The fourth-order valence-corrected chi connectivity index (χ4v) is 4.12. The van der Waals surface area contributed by atoms with Gasteiger partial charge in [0, 0.05) is 13.1 Å². The zero-order valence-corrected chi connectivity index (χ0v) is 12.5. The van der Waals surface area contributed by atoms with Crippen LogP contribution in [0.2, 0.25) is 0 Å². The van der Waals surface area contributed by atoms with Crippen LogP contribution in [0.4, 0.5) is 0 Å². The summed E-state index contributed by atoms with van der Waals surface area (Å²) >= 11 is 0. The van der Waals surface area contributed by atoms with E-state index in [0.717, 1.165) is 12.0 Å². The second kappa shape index (κ2) is 5.95. The third-order valence-electron chi connectivity index (χ3n) is 3.77. The van der Waals surface area contributed by atoms with E-state index in [1.54, 1.807) is 21.5 Å². The van der Waals surface area contributed by atoms with Gasteiger partial charge < -0.3 is 0 Å². The van der Waals surface area contributed by atoms with Crippen LogP contribution in [0.15, 0.2) is 42.7 Å². The van der Waals surface area contributed by atoms with Crippen molar-refractivity contribution >= 4 is 10.0 Å². The Morgan fingerprint density at radius 3 is 2.57 bits per heavy atom. The van der Waals surface area contributed by atoms with Crippen molar-refractivity contribution < 1.29 is 8.42 Å². The maximum absolute atomic E-state index is 12.4. The summed E-state index contributed by atoms with van der Waals surface area (Å²) in [6.07, 6.45) is 4.54. The van der Waals surface area contributed by atoms with Crippen LogP contribution in [0.5, 0.6) is 0 Å². The van der Waals surface area contributed by atoms with Gasteiger partial charge in [0.2, 0.25) is 10.0 Å². The average Bonchev–Trinajstić information content (AvgIpc) is 3.17. The lowest BCUT2D eigenvalue weighted by Crippen LogP contribution is -2.32. The lowest BCUT2D eigenvalue weighted by molar-refractivity contribution is 0.402. The van der Waals surface area contributed by atoms with Gasteiger partial charge in [0.25, 0.3) is 0 Å².